The number of halogens is 2. The van der Waals surface area contributed by atoms with E-state index in [4.69, 9.17) is 10.2 Å². The average molecular weight is 561 g/mol. The van der Waals surface area contributed by atoms with E-state index in [9.17, 15) is 13.6 Å². The fraction of sp³-hybridized carbons (Fsp3) is 0.250. The van der Waals surface area contributed by atoms with Crippen LogP contribution < -0.4 is 5.32 Å². The quantitative estimate of drug-likeness (QED) is 0.174. The molecule has 0 spiro atoms. The number of carbonyl (C=O) groups is 1. The van der Waals surface area contributed by atoms with E-state index in [-0.39, 0.29) is 5.82 Å². The normalized spacial score (nSPS) is 14.9. The zero-order chi connectivity index (χ0) is 27.6. The molecule has 0 unspecified atom stereocenters. The highest BCUT2D eigenvalue weighted by Gasteiger charge is 2.31. The lowest BCUT2D eigenvalue weighted by Crippen LogP contribution is -2.29. The van der Waals surface area contributed by atoms with Crippen molar-refractivity contribution in [2.45, 2.75) is 31.2 Å². The number of rotatable bonds is 6. The monoisotopic (exact) mass is 560 g/mol. The minimum absolute atomic E-state index is 0.251. The summed E-state index contributed by atoms with van der Waals surface area (Å²) < 4.78 is 32.0. The number of imidazole rings is 1. The lowest BCUT2D eigenvalue weighted by Gasteiger charge is -2.27. The molecule has 0 bridgehead atoms. The Bertz CT molecular complexity index is 1670. The Labute approximate surface area is 233 Å². The Morgan fingerprint density at radius 3 is 2.58 bits per heavy atom. The lowest BCUT2D eigenvalue weighted by atomic mass is 10.0. The van der Waals surface area contributed by atoms with Crippen LogP contribution in [0.5, 0.6) is 0 Å². The molecule has 0 atom stereocenters. The van der Waals surface area contributed by atoms with E-state index in [2.05, 4.69) is 24.3 Å². The van der Waals surface area contributed by atoms with E-state index in [0.717, 1.165) is 70.6 Å². The fourth-order valence-corrected chi connectivity index (χ4v) is 5.63. The molecule has 1 aromatic carbocycles. The molecule has 5 heterocycles. The third-order valence-corrected chi connectivity index (χ3v) is 7.98. The topological polar surface area (TPSA) is 93.2 Å². The van der Waals surface area contributed by atoms with E-state index in [1.165, 1.54) is 37.2 Å². The summed E-state index contributed by atoms with van der Waals surface area (Å²) in [6.07, 6.45) is 6.31. The van der Waals surface area contributed by atoms with Gasteiger partial charge in [-0.1, -0.05) is 11.9 Å². The molecule has 0 saturated heterocycles. The van der Waals surface area contributed by atoms with Crippen molar-refractivity contribution in [1.29, 1.82) is 0 Å². The maximum atomic E-state index is 13.6. The van der Waals surface area contributed by atoms with E-state index < -0.39 is 5.95 Å². The summed E-state index contributed by atoms with van der Waals surface area (Å²) >= 11 is 1.97. The van der Waals surface area contributed by atoms with Crippen LogP contribution in [0, 0.1) is 11.8 Å². The summed E-state index contributed by atoms with van der Waals surface area (Å²) in [5, 5.41) is 13.6. The van der Waals surface area contributed by atoms with E-state index in [1.54, 1.807) is 16.6 Å². The van der Waals surface area contributed by atoms with E-state index in [0.29, 0.717) is 11.8 Å². The zero-order valence-corrected chi connectivity index (χ0v) is 22.5. The Morgan fingerprint density at radius 1 is 1.05 bits per heavy atom. The van der Waals surface area contributed by atoms with Crippen LogP contribution in [-0.4, -0.2) is 58.8 Å². The molecule has 5 aromatic rings. The third kappa shape index (κ3) is 5.58. The molecule has 40 heavy (non-hydrogen) atoms. The van der Waals surface area contributed by atoms with Crippen LogP contribution in [0.15, 0.2) is 60.9 Å². The van der Waals surface area contributed by atoms with Gasteiger partial charge in [0.05, 0.1) is 36.2 Å². The van der Waals surface area contributed by atoms with Crippen molar-refractivity contribution in [1.82, 2.24) is 33.7 Å². The van der Waals surface area contributed by atoms with Crippen LogP contribution in [0.3, 0.4) is 0 Å². The number of fused-ring (bicyclic) bond motifs is 2. The maximum Gasteiger partial charge on any atom is 0.213 e. The molecule has 0 radical (unpaired) electrons. The first kappa shape index (κ1) is 26.1. The van der Waals surface area contributed by atoms with Gasteiger partial charge in [0.2, 0.25) is 5.95 Å². The van der Waals surface area contributed by atoms with Gasteiger partial charge in [-0.2, -0.15) is 14.6 Å². The van der Waals surface area contributed by atoms with Crippen LogP contribution in [-0.2, 0) is 13.1 Å². The van der Waals surface area contributed by atoms with Crippen LogP contribution >= 0.6 is 11.9 Å². The summed E-state index contributed by atoms with van der Waals surface area (Å²) in [5.74, 6) is -0.106. The first-order valence-electron chi connectivity index (χ1n) is 12.9. The molecule has 1 aliphatic heterocycles. The van der Waals surface area contributed by atoms with Crippen molar-refractivity contribution in [2.75, 3.05) is 18.9 Å². The predicted octanol–water partition coefficient (Wildman–Crippen LogP) is 5.10. The molecule has 4 aromatic heterocycles. The summed E-state index contributed by atoms with van der Waals surface area (Å²) in [5.41, 5.74) is 5.82. The largest absolute Gasteiger partial charge is 0.372 e. The number of benzene rings is 1. The van der Waals surface area contributed by atoms with Gasteiger partial charge in [0.15, 0.2) is 5.65 Å². The fourth-order valence-electron chi connectivity index (χ4n) is 4.47. The Morgan fingerprint density at radius 2 is 1.88 bits per heavy atom. The minimum Gasteiger partial charge on any atom is -0.372 e. The van der Waals surface area contributed by atoms with Crippen LogP contribution in [0.1, 0.15) is 28.9 Å². The number of pyridine rings is 1. The molecule has 2 aliphatic rings. The minimum atomic E-state index is -0.625. The molecule has 1 N–H and O–H groups in total. The zero-order valence-electron chi connectivity index (χ0n) is 21.7. The van der Waals surface area contributed by atoms with Crippen LogP contribution in [0.25, 0.3) is 28.2 Å². The smallest absolute Gasteiger partial charge is 0.213 e. The van der Waals surface area contributed by atoms with Gasteiger partial charge in [-0.15, -0.1) is 0 Å². The van der Waals surface area contributed by atoms with Crippen molar-refractivity contribution in [3.8, 4) is 22.5 Å². The van der Waals surface area contributed by atoms with Gasteiger partial charge in [-0.3, -0.25) is 9.48 Å². The van der Waals surface area contributed by atoms with Gasteiger partial charge < -0.3 is 5.32 Å². The molecule has 1 aliphatic carbocycles. The number of nitrogens with one attached hydrogen (secondary N) is 1. The lowest BCUT2D eigenvalue weighted by molar-refractivity contribution is 0.112. The van der Waals surface area contributed by atoms with Crippen molar-refractivity contribution in [2.24, 2.45) is 0 Å². The second-order valence-electron chi connectivity index (χ2n) is 9.50. The van der Waals surface area contributed by atoms with E-state index in [1.807, 2.05) is 37.3 Å². The molecular weight excluding hydrogens is 534 g/mol. The van der Waals surface area contributed by atoms with Gasteiger partial charge in [-0.05, 0) is 55.3 Å². The molecule has 0 amide bonds. The van der Waals surface area contributed by atoms with Gasteiger partial charge in [0.1, 0.15) is 23.6 Å². The Kier molecular flexibility index (Phi) is 7.27. The van der Waals surface area contributed by atoms with Gasteiger partial charge in [0.25, 0.3) is 0 Å². The summed E-state index contributed by atoms with van der Waals surface area (Å²) in [6, 6.07) is 13.0. The Hall–Kier alpha value is -4.16. The molecule has 1 saturated carbocycles. The maximum absolute atomic E-state index is 13.6. The van der Waals surface area contributed by atoms with Gasteiger partial charge in [-0.25, -0.2) is 23.2 Å². The van der Waals surface area contributed by atoms with Crippen molar-refractivity contribution in [3.63, 3.8) is 0 Å². The highest BCUT2D eigenvalue weighted by atomic mass is 32.2. The second-order valence-corrected chi connectivity index (χ2v) is 10.9. The molecule has 1 fully saturated rings. The number of aldehydes is 1. The van der Waals surface area contributed by atoms with Crippen LogP contribution in [0.4, 0.5) is 14.6 Å². The first-order valence-corrected chi connectivity index (χ1v) is 13.7. The first-order chi connectivity index (χ1) is 19.5. The predicted molar refractivity (Wildman–Crippen MR) is 150 cm³/mol. The number of hydrogen-bond acceptors (Lipinski definition) is 8. The molecular formula is C28H26F2N8OS. The molecule has 9 nitrogen and oxygen atoms in total. The number of nitrogens with zero attached hydrogens (tertiary/aromatic N) is 7. The van der Waals surface area contributed by atoms with Crippen LogP contribution in [0.2, 0.25) is 0 Å². The SMILES string of the molecule is CNc1cn2nc(-c3c(-c4ccc(F)cc4)nn4c3CN(SC3CC3)CC4)ccc2n1.O=Cc1ccnc(F)c1. The summed E-state index contributed by atoms with van der Waals surface area (Å²) in [4.78, 5) is 17.7. The highest BCUT2D eigenvalue weighted by molar-refractivity contribution is 7.97. The van der Waals surface area contributed by atoms with Crippen molar-refractivity contribution >= 4 is 29.7 Å². The second kappa shape index (κ2) is 11.1. The molecule has 12 heteroatoms. The number of hydrogen-bond donors (Lipinski definition) is 1. The number of anilines is 1. The Balaban J connectivity index is 0.000000276. The molecule has 7 rings (SSSR count). The molecule has 204 valence electrons. The highest BCUT2D eigenvalue weighted by Crippen LogP contribution is 2.41. The van der Waals surface area contributed by atoms with Gasteiger partial charge >= 0.3 is 0 Å². The number of aromatic nitrogens is 6. The summed E-state index contributed by atoms with van der Waals surface area (Å²) in [6.45, 7) is 2.62. The van der Waals surface area contributed by atoms with E-state index >= 15 is 0 Å². The average Bonchev–Trinajstić information content (AvgIpc) is 3.56. The number of carbonyl (C=O) groups excluding carboxylic acids is 1. The van der Waals surface area contributed by atoms with Crippen molar-refractivity contribution in [3.05, 3.63) is 83.9 Å². The van der Waals surface area contributed by atoms with Crippen molar-refractivity contribution < 1.29 is 13.6 Å². The standard InChI is InChI=1S/C22H22FN7S.C6H4FNO/c1-24-19-13-30-20(25-19)9-8-17(26-30)21-18-12-28(31-16-6-7-16)10-11-29(18)27-22(21)14-2-4-15(23)5-3-14;7-6-3-5(4-9)1-2-8-6/h2-5,8-9,13,16,24H,6-7,10-12H2,1H3;1-4H. The van der Waals surface area contributed by atoms with Gasteiger partial charge in [0, 0.05) is 42.2 Å². The third-order valence-electron chi connectivity index (χ3n) is 6.60. The summed E-state index contributed by atoms with van der Waals surface area (Å²) in [7, 11) is 1.84.